The average molecular weight is 944 g/mol. The molecule has 5 heterocycles. The molecule has 12 nitrogen and oxygen atoms in total. The van der Waals surface area contributed by atoms with Gasteiger partial charge >= 0.3 is 17.1 Å². The summed E-state index contributed by atoms with van der Waals surface area (Å²) in [6.07, 6.45) is 0. The average Bonchev–Trinajstić information content (AvgIpc) is 4.10. The van der Waals surface area contributed by atoms with Gasteiger partial charge in [-0.2, -0.15) is 0 Å². The molecule has 8 bridgehead atoms. The van der Waals surface area contributed by atoms with E-state index in [1.54, 1.807) is 0 Å². The van der Waals surface area contributed by atoms with Crippen LogP contribution in [0.15, 0.2) is 194 Å². The Morgan fingerprint density at radius 1 is 0.246 bits per heavy atom. The first-order chi connectivity index (χ1) is 33.6. The number of aromatic nitrogens is 8. The normalized spacial score (nSPS) is 11.4. The van der Waals surface area contributed by atoms with Gasteiger partial charge in [-0.1, -0.05) is 72.8 Å². The second-order valence-electron chi connectivity index (χ2n) is 16.0. The summed E-state index contributed by atoms with van der Waals surface area (Å²) in [6, 6.07) is 61.5. The van der Waals surface area contributed by atoms with Crippen molar-refractivity contribution in [3.8, 4) is 91.5 Å². The number of fused-ring (bicyclic) bond motifs is 20. The number of rotatable bonds is 8. The SMILES string of the molecule is [Cu+2].c1ccc(Oc2ccc3c(c2)-c2nc-3nc3[n-]c(nc4nc(nc5[n-]c(n2)c2ccc(Oc6ccccc6)cc52)-c2cc(Oc5ccccc5)ccc2-4)c2cc(Oc4ccccc4)ccc32)cc1. The Kier molecular flexibility index (Phi) is 10.3. The van der Waals surface area contributed by atoms with E-state index in [-0.39, 0.29) is 17.1 Å². The smallest absolute Gasteiger partial charge is 0.457 e. The summed E-state index contributed by atoms with van der Waals surface area (Å²) < 4.78 is 25.3. The molecule has 69 heavy (non-hydrogen) atoms. The summed E-state index contributed by atoms with van der Waals surface area (Å²) in [6.45, 7) is 0. The fraction of sp³-hybridized carbons (Fsp3) is 0. The molecule has 1 radical (unpaired) electrons. The predicted octanol–water partition coefficient (Wildman–Crippen LogP) is 13.3. The molecule has 0 atom stereocenters. The number of nitrogens with zero attached hydrogens (tertiary/aromatic N) is 8. The van der Waals surface area contributed by atoms with E-state index in [0.29, 0.717) is 114 Å². The molecular weight excluding hydrogens is 912 g/mol. The van der Waals surface area contributed by atoms with Gasteiger partial charge in [-0.05, 0) is 143 Å². The monoisotopic (exact) mass is 943 g/mol. The third-order valence-corrected chi connectivity index (χ3v) is 11.5. The molecule has 3 aromatic heterocycles. The molecule has 0 unspecified atom stereocenters. The minimum atomic E-state index is 0. The van der Waals surface area contributed by atoms with E-state index in [4.69, 9.17) is 58.8 Å². The van der Waals surface area contributed by atoms with Gasteiger partial charge in [0.25, 0.3) is 0 Å². The van der Waals surface area contributed by atoms with Gasteiger partial charge in [-0.15, -0.1) is 0 Å². The van der Waals surface area contributed by atoms with Crippen LogP contribution in [0.5, 0.6) is 46.0 Å². The van der Waals surface area contributed by atoms with Crippen LogP contribution in [0.4, 0.5) is 0 Å². The van der Waals surface area contributed by atoms with Crippen molar-refractivity contribution in [3.63, 3.8) is 0 Å². The van der Waals surface area contributed by atoms with E-state index >= 15 is 0 Å². The molecular formula is C56H32CuN8O4. The van der Waals surface area contributed by atoms with Crippen LogP contribution >= 0.6 is 0 Å². The molecule has 13 heteroatoms. The van der Waals surface area contributed by atoms with Crippen molar-refractivity contribution >= 4 is 44.1 Å². The van der Waals surface area contributed by atoms with Gasteiger partial charge in [0.15, 0.2) is 0 Å². The van der Waals surface area contributed by atoms with E-state index < -0.39 is 0 Å². The molecule has 2 aliphatic heterocycles. The summed E-state index contributed by atoms with van der Waals surface area (Å²) in [7, 11) is 0. The van der Waals surface area contributed by atoms with Crippen LogP contribution in [0, 0.1) is 0 Å². The minimum Gasteiger partial charge on any atom is -0.457 e. The van der Waals surface area contributed by atoms with Crippen LogP contribution in [0.1, 0.15) is 0 Å². The third kappa shape index (κ3) is 7.93. The zero-order valence-corrected chi connectivity index (χ0v) is 36.9. The van der Waals surface area contributed by atoms with E-state index in [1.165, 1.54) is 0 Å². The Labute approximate surface area is 403 Å². The Morgan fingerprint density at radius 2 is 0.536 bits per heavy atom. The van der Waals surface area contributed by atoms with Crippen molar-refractivity contribution in [1.82, 2.24) is 39.9 Å². The first-order valence-electron chi connectivity index (χ1n) is 21.8. The first-order valence-corrected chi connectivity index (χ1v) is 21.8. The molecule has 0 spiro atoms. The summed E-state index contributed by atoms with van der Waals surface area (Å²) in [5.41, 5.74) is 4.46. The Morgan fingerprint density at radius 3 is 0.884 bits per heavy atom. The third-order valence-electron chi connectivity index (χ3n) is 11.5. The molecule has 11 aromatic rings. The first kappa shape index (κ1) is 41.3. The molecule has 2 aliphatic rings. The van der Waals surface area contributed by atoms with E-state index in [1.807, 2.05) is 194 Å². The maximum Gasteiger partial charge on any atom is 2.00 e. The summed E-state index contributed by atoms with van der Waals surface area (Å²) in [4.78, 5) is 41.2. The topological polar surface area (TPSA) is 142 Å². The molecule has 331 valence electrons. The molecule has 13 rings (SSSR count). The minimum absolute atomic E-state index is 0. The fourth-order valence-electron chi connectivity index (χ4n) is 8.33. The van der Waals surface area contributed by atoms with Gasteiger partial charge in [-0.25, -0.2) is 9.97 Å². The van der Waals surface area contributed by atoms with Crippen LogP contribution in [0.3, 0.4) is 0 Å². The fourth-order valence-corrected chi connectivity index (χ4v) is 8.33. The van der Waals surface area contributed by atoms with Crippen molar-refractivity contribution in [1.29, 1.82) is 0 Å². The zero-order valence-electron chi connectivity index (χ0n) is 36.0. The number of hydrogen-bond donors (Lipinski definition) is 0. The van der Waals surface area contributed by atoms with Crippen LogP contribution in [0.25, 0.3) is 89.7 Å². The molecule has 0 saturated carbocycles. The molecule has 0 aliphatic carbocycles. The standard InChI is InChI=1S/C56H32N8O4.Cu/c1-5-13-33(14-6-1)65-37-21-25-41-45(29-37)53-58-49(41)57-50-42-26-22-38(66-34-15-7-2-8-16-34)30-46(42)54(59-50)61-52-44-28-24-40(68-36-19-11-4-12-20-36)32-48(44)56(63-52)64-55-47-31-39(67-35-17-9-3-10-18-35)23-27-43(47)51(60-53)62-55;/h1-32H;/q-2;+2. The summed E-state index contributed by atoms with van der Waals surface area (Å²) in [5, 5.41) is 2.88. The number of benzene rings is 8. The molecule has 0 N–H and O–H groups in total. The van der Waals surface area contributed by atoms with E-state index in [2.05, 4.69) is 0 Å². The second-order valence-corrected chi connectivity index (χ2v) is 16.0. The Hall–Kier alpha value is -9.16. The molecule has 0 amide bonds. The number of ether oxygens (including phenoxy) is 4. The van der Waals surface area contributed by atoms with Crippen molar-refractivity contribution in [2.75, 3.05) is 0 Å². The van der Waals surface area contributed by atoms with Gasteiger partial charge in [0.2, 0.25) is 0 Å². The van der Waals surface area contributed by atoms with E-state index in [0.717, 1.165) is 21.9 Å². The van der Waals surface area contributed by atoms with Crippen molar-refractivity contribution in [3.05, 3.63) is 194 Å². The number of hydrogen-bond acceptors (Lipinski definition) is 10. The van der Waals surface area contributed by atoms with Gasteiger partial charge < -0.3 is 48.9 Å². The summed E-state index contributed by atoms with van der Waals surface area (Å²) in [5.74, 6) is 6.75. The molecule has 0 fully saturated rings. The second kappa shape index (κ2) is 17.2. The van der Waals surface area contributed by atoms with Crippen LogP contribution in [-0.4, -0.2) is 29.9 Å². The van der Waals surface area contributed by atoms with Crippen LogP contribution in [0.2, 0.25) is 0 Å². The van der Waals surface area contributed by atoms with Gasteiger partial charge in [0, 0.05) is 44.8 Å². The maximum absolute atomic E-state index is 6.33. The quantitative estimate of drug-likeness (QED) is 0.134. The van der Waals surface area contributed by atoms with Gasteiger partial charge in [0.05, 0.1) is 23.3 Å². The Balaban J connectivity index is 0.00000492. The predicted molar refractivity (Wildman–Crippen MR) is 260 cm³/mol. The van der Waals surface area contributed by atoms with E-state index in [9.17, 15) is 0 Å². The molecule has 8 aromatic carbocycles. The van der Waals surface area contributed by atoms with Crippen molar-refractivity contribution in [2.45, 2.75) is 0 Å². The largest absolute Gasteiger partial charge is 2.00 e. The van der Waals surface area contributed by atoms with Crippen molar-refractivity contribution in [2.24, 2.45) is 0 Å². The Bertz CT molecular complexity index is 3930. The van der Waals surface area contributed by atoms with Gasteiger partial charge in [-0.3, -0.25) is 0 Å². The van der Waals surface area contributed by atoms with Gasteiger partial charge in [0.1, 0.15) is 46.0 Å². The van der Waals surface area contributed by atoms with Crippen LogP contribution in [-0.2, 0) is 17.1 Å². The maximum atomic E-state index is 6.33. The number of para-hydroxylation sites is 4. The van der Waals surface area contributed by atoms with Crippen LogP contribution < -0.4 is 28.9 Å². The molecule has 0 saturated heterocycles. The summed E-state index contributed by atoms with van der Waals surface area (Å²) >= 11 is 0. The van der Waals surface area contributed by atoms with Crippen molar-refractivity contribution < 1.29 is 36.0 Å². The zero-order chi connectivity index (χ0) is 45.0.